The van der Waals surface area contributed by atoms with Crippen molar-refractivity contribution in [3.8, 4) is 6.07 Å². The average molecular weight is 393 g/mol. The van der Waals surface area contributed by atoms with Crippen molar-refractivity contribution in [1.29, 1.82) is 5.26 Å². The molecule has 7 nitrogen and oxygen atoms in total. The minimum absolute atomic E-state index is 0. The van der Waals surface area contributed by atoms with Gasteiger partial charge >= 0.3 is 0 Å². The first kappa shape index (κ1) is 18.9. The summed E-state index contributed by atoms with van der Waals surface area (Å²) in [5.74, 6) is -0.570. The van der Waals surface area contributed by atoms with Gasteiger partial charge in [0, 0.05) is 36.0 Å². The van der Waals surface area contributed by atoms with Gasteiger partial charge in [-0.1, -0.05) is 19.9 Å². The van der Waals surface area contributed by atoms with Crippen LogP contribution in [0.3, 0.4) is 0 Å². The van der Waals surface area contributed by atoms with Crippen LogP contribution in [-0.2, 0) is 10.3 Å². The third-order valence-electron chi connectivity index (χ3n) is 5.34. The number of nitriles is 1. The fourth-order valence-corrected chi connectivity index (χ4v) is 3.86. The van der Waals surface area contributed by atoms with Crippen LogP contribution >= 0.6 is 0 Å². The van der Waals surface area contributed by atoms with Crippen LogP contribution in [0.5, 0.6) is 0 Å². The van der Waals surface area contributed by atoms with E-state index in [0.29, 0.717) is 22.3 Å². The number of aliphatic hydroxyl groups excluding tert-OH is 1. The molecule has 1 aromatic heterocycles. The van der Waals surface area contributed by atoms with E-state index in [4.69, 9.17) is 15.2 Å². The molecular weight excluding hydrogens is 370 g/mol. The van der Waals surface area contributed by atoms with Crippen molar-refractivity contribution in [2.75, 3.05) is 13.2 Å². The summed E-state index contributed by atoms with van der Waals surface area (Å²) in [5, 5.41) is 18.7. The predicted octanol–water partition coefficient (Wildman–Crippen LogP) is 3.06. The van der Waals surface area contributed by atoms with Crippen molar-refractivity contribution in [2.45, 2.75) is 19.3 Å². The van der Waals surface area contributed by atoms with Crippen LogP contribution in [0.4, 0.5) is 0 Å². The molecule has 0 radical (unpaired) electrons. The molecule has 0 atom stereocenters. The molecule has 0 unspecified atom stereocenters. The molecule has 1 heterocycles. The second kappa shape index (κ2) is 6.85. The Kier molecular flexibility index (Phi) is 4.46. The Morgan fingerprint density at radius 1 is 1.31 bits per heavy atom. The van der Waals surface area contributed by atoms with E-state index < -0.39 is 11.3 Å². The van der Waals surface area contributed by atoms with E-state index in [1.54, 1.807) is 36.4 Å². The summed E-state index contributed by atoms with van der Waals surface area (Å²) >= 11 is 0. The van der Waals surface area contributed by atoms with Crippen LogP contribution in [0.1, 0.15) is 59.8 Å². The lowest BCUT2D eigenvalue weighted by Crippen LogP contribution is -2.31. The smallest absolute Gasteiger partial charge is 0.274 e. The van der Waals surface area contributed by atoms with Gasteiger partial charge in [-0.3, -0.25) is 14.4 Å². The Bertz CT molecular complexity index is 1210. The van der Waals surface area contributed by atoms with Crippen LogP contribution in [0.15, 0.2) is 36.4 Å². The van der Waals surface area contributed by atoms with Crippen molar-refractivity contribution >= 4 is 22.6 Å². The summed E-state index contributed by atoms with van der Waals surface area (Å²) in [4.78, 5) is 33.8. The second-order valence-corrected chi connectivity index (χ2v) is 7.46. The number of benzene rings is 2. The van der Waals surface area contributed by atoms with Crippen LogP contribution in [-0.4, -0.2) is 35.0 Å². The van der Waals surface area contributed by atoms with E-state index in [2.05, 4.69) is 16.5 Å². The molecule has 1 aliphatic rings. The number of amides is 1. The maximum absolute atomic E-state index is 13.3. The van der Waals surface area contributed by atoms with Crippen LogP contribution in [0.2, 0.25) is 0 Å². The maximum atomic E-state index is 13.3. The van der Waals surface area contributed by atoms with Gasteiger partial charge in [-0.15, -0.1) is 0 Å². The zero-order chi connectivity index (χ0) is 20.8. The predicted molar refractivity (Wildman–Crippen MR) is 110 cm³/mol. The molecule has 0 spiro atoms. The number of nitrogens with one attached hydrogen (secondary N) is 2. The summed E-state index contributed by atoms with van der Waals surface area (Å²) in [5.41, 5.74) is 5.95. The highest BCUT2D eigenvalue weighted by Gasteiger charge is 2.40. The minimum atomic E-state index is -0.563. The maximum Gasteiger partial charge on any atom is 0.274 e. The van der Waals surface area contributed by atoms with Gasteiger partial charge < -0.3 is 10.1 Å². The van der Waals surface area contributed by atoms with E-state index in [9.17, 15) is 9.59 Å². The second-order valence-electron chi connectivity index (χ2n) is 7.46. The highest BCUT2D eigenvalue weighted by molar-refractivity contribution is 6.20. The number of aromatic nitrogens is 1. The fourth-order valence-electron chi connectivity index (χ4n) is 3.86. The zero-order valence-corrected chi connectivity index (χ0v) is 16.0. The van der Waals surface area contributed by atoms with Crippen LogP contribution < -0.4 is 5.48 Å². The number of hydroxylamine groups is 1. The van der Waals surface area contributed by atoms with E-state index in [0.717, 1.165) is 22.2 Å². The van der Waals surface area contributed by atoms with Gasteiger partial charge in [-0.05, 0) is 35.9 Å². The highest BCUT2D eigenvalue weighted by atomic mass is 16.7. The minimum Gasteiger partial charge on any atom is -0.394 e. The summed E-state index contributed by atoms with van der Waals surface area (Å²) in [6.45, 7) is 3.76. The number of hydrogen-bond acceptors (Lipinski definition) is 5. The van der Waals surface area contributed by atoms with Gasteiger partial charge in [0.1, 0.15) is 0 Å². The molecule has 29 heavy (non-hydrogen) atoms. The topological polar surface area (TPSA) is 115 Å². The Balaban J connectivity index is 0.00000171. The Morgan fingerprint density at radius 2 is 2.10 bits per heavy atom. The molecule has 2 aromatic carbocycles. The van der Waals surface area contributed by atoms with Gasteiger partial charge in [-0.2, -0.15) is 5.26 Å². The van der Waals surface area contributed by atoms with Crippen LogP contribution in [0.25, 0.3) is 10.9 Å². The number of rotatable bonds is 4. The number of nitrogens with zero attached hydrogens (tertiary/aromatic N) is 1. The number of carbonyl (C=O) groups excluding carboxylic acids is 2. The van der Waals surface area contributed by atoms with E-state index in [1.165, 1.54) is 0 Å². The van der Waals surface area contributed by atoms with Gasteiger partial charge in [0.15, 0.2) is 5.78 Å². The molecule has 7 heteroatoms. The molecule has 3 aromatic rings. The Hall–Kier alpha value is -3.47. The number of carbonyl (C=O) groups is 2. The standard InChI is InChI=1S/C22H19N3O4.2H2/c1-22(2)16-10-13(21(28)25-29-8-7-26)4-6-14(16)19(27)18-15-5-3-12(11-23)9-17(15)24-20(18)22;;/h3-6,9-10,24,26H,7-8H2,1-2H3,(H,25,28);2*1H. The summed E-state index contributed by atoms with van der Waals surface area (Å²) in [6, 6.07) is 12.3. The number of fused-ring (bicyclic) bond motifs is 4. The first-order chi connectivity index (χ1) is 13.9. The third kappa shape index (κ3) is 2.90. The lowest BCUT2D eigenvalue weighted by Gasteiger charge is -2.32. The Labute approximate surface area is 169 Å². The Morgan fingerprint density at radius 3 is 2.83 bits per heavy atom. The summed E-state index contributed by atoms with van der Waals surface area (Å²) in [6.07, 6.45) is 0. The lowest BCUT2D eigenvalue weighted by molar-refractivity contribution is 0.0168. The van der Waals surface area contributed by atoms with Gasteiger partial charge in [0.2, 0.25) is 0 Å². The van der Waals surface area contributed by atoms with Crippen molar-refractivity contribution in [3.05, 3.63) is 69.9 Å². The van der Waals surface area contributed by atoms with Gasteiger partial charge in [-0.25, -0.2) is 5.48 Å². The average Bonchev–Trinajstić information content (AvgIpc) is 3.12. The van der Waals surface area contributed by atoms with E-state index in [1.807, 2.05) is 13.8 Å². The van der Waals surface area contributed by atoms with Crippen molar-refractivity contribution in [1.82, 2.24) is 10.5 Å². The molecule has 0 fully saturated rings. The largest absolute Gasteiger partial charge is 0.394 e. The molecule has 150 valence electrons. The van der Waals surface area contributed by atoms with Gasteiger partial charge in [0.05, 0.1) is 30.4 Å². The molecule has 1 amide bonds. The molecule has 4 rings (SSSR count). The summed E-state index contributed by atoms with van der Waals surface area (Å²) < 4.78 is 0. The lowest BCUT2D eigenvalue weighted by atomic mass is 9.71. The molecule has 0 saturated heterocycles. The molecule has 0 bridgehead atoms. The van der Waals surface area contributed by atoms with Crippen molar-refractivity contribution in [2.24, 2.45) is 0 Å². The van der Waals surface area contributed by atoms with Gasteiger partial charge in [0.25, 0.3) is 5.91 Å². The first-order valence-electron chi connectivity index (χ1n) is 9.17. The van der Waals surface area contributed by atoms with E-state index >= 15 is 0 Å². The fraction of sp³-hybridized carbons (Fsp3) is 0.227. The summed E-state index contributed by atoms with van der Waals surface area (Å²) in [7, 11) is 0. The number of aromatic amines is 1. The molecule has 3 N–H and O–H groups in total. The molecule has 0 saturated carbocycles. The van der Waals surface area contributed by atoms with E-state index in [-0.39, 0.29) is 21.9 Å². The molecule has 0 aliphatic heterocycles. The number of hydrogen-bond donors (Lipinski definition) is 3. The van der Waals surface area contributed by atoms with Crippen LogP contribution in [0, 0.1) is 11.3 Å². The molecular formula is C22H23N3O4. The number of ketones is 1. The zero-order valence-electron chi connectivity index (χ0n) is 16.0. The highest BCUT2D eigenvalue weighted by Crippen LogP contribution is 2.43. The normalized spacial score (nSPS) is 14.2. The number of H-pyrrole nitrogens is 1. The molecule has 1 aliphatic carbocycles. The van der Waals surface area contributed by atoms with Crippen molar-refractivity contribution in [3.63, 3.8) is 0 Å². The quantitative estimate of drug-likeness (QED) is 0.465. The monoisotopic (exact) mass is 393 g/mol. The third-order valence-corrected chi connectivity index (χ3v) is 5.34. The number of aliphatic hydroxyl groups is 1. The van der Waals surface area contributed by atoms with Crippen molar-refractivity contribution < 1.29 is 22.4 Å². The SMILES string of the molecule is CC1(C)c2cc(C(=O)NOCCO)ccc2C(=O)c2c1[nH]c1cc(C#N)ccc21.[HH].[HH]. The first-order valence-corrected chi connectivity index (χ1v) is 9.17.